The van der Waals surface area contributed by atoms with Crippen molar-refractivity contribution in [3.05, 3.63) is 12.2 Å². The lowest BCUT2D eigenvalue weighted by molar-refractivity contribution is -0.0941. The molecule has 0 aromatic heterocycles. The molecule has 0 aromatic carbocycles. The molecule has 3 heteroatoms. The van der Waals surface area contributed by atoms with Gasteiger partial charge in [0.15, 0.2) is 0 Å². The molecular formula is C14H20O3. The van der Waals surface area contributed by atoms with Gasteiger partial charge in [-0.15, -0.1) is 0 Å². The quantitative estimate of drug-likeness (QED) is 0.555. The maximum atomic E-state index is 6.47. The van der Waals surface area contributed by atoms with Gasteiger partial charge in [0.2, 0.25) is 0 Å². The van der Waals surface area contributed by atoms with Crippen LogP contribution in [0.4, 0.5) is 0 Å². The molecule has 5 atom stereocenters. The summed E-state index contributed by atoms with van der Waals surface area (Å²) in [5.74, 6) is 1.27. The van der Waals surface area contributed by atoms with Crippen molar-refractivity contribution in [2.75, 3.05) is 13.9 Å². The zero-order valence-corrected chi connectivity index (χ0v) is 10.4. The predicted octanol–water partition coefficient (Wildman–Crippen LogP) is 2.26. The Morgan fingerprint density at radius 2 is 2.12 bits per heavy atom. The number of hydrogen-bond acceptors (Lipinski definition) is 3. The SMILES string of the molecule is COCO[C@H]1CC[C@@]23C=C[C@]4(CCC[C@@H]4[C@H]12)O3. The summed E-state index contributed by atoms with van der Waals surface area (Å²) < 4.78 is 17.4. The van der Waals surface area contributed by atoms with Crippen molar-refractivity contribution in [1.82, 2.24) is 0 Å². The van der Waals surface area contributed by atoms with Crippen LogP contribution in [-0.4, -0.2) is 31.2 Å². The predicted molar refractivity (Wildman–Crippen MR) is 62.5 cm³/mol. The van der Waals surface area contributed by atoms with Crippen LogP contribution in [0.5, 0.6) is 0 Å². The van der Waals surface area contributed by atoms with Gasteiger partial charge in [-0.05, 0) is 38.0 Å². The molecule has 0 N–H and O–H groups in total. The highest BCUT2D eigenvalue weighted by Crippen LogP contribution is 2.65. The van der Waals surface area contributed by atoms with E-state index in [0.717, 1.165) is 12.8 Å². The van der Waals surface area contributed by atoms with E-state index in [-0.39, 0.29) is 11.2 Å². The van der Waals surface area contributed by atoms with Crippen LogP contribution in [0, 0.1) is 11.8 Å². The smallest absolute Gasteiger partial charge is 0.146 e. The van der Waals surface area contributed by atoms with Crippen LogP contribution >= 0.6 is 0 Å². The third-order valence-corrected chi connectivity index (χ3v) is 5.36. The Hall–Kier alpha value is -0.380. The normalized spacial score (nSPS) is 54.3. The molecule has 3 nitrogen and oxygen atoms in total. The monoisotopic (exact) mass is 236 g/mol. The van der Waals surface area contributed by atoms with E-state index < -0.39 is 0 Å². The lowest BCUT2D eigenvalue weighted by atomic mass is 9.73. The van der Waals surface area contributed by atoms with Gasteiger partial charge in [0, 0.05) is 13.0 Å². The van der Waals surface area contributed by atoms with Crippen molar-refractivity contribution in [3.63, 3.8) is 0 Å². The lowest BCUT2D eigenvalue weighted by Gasteiger charge is -2.31. The summed E-state index contributed by atoms with van der Waals surface area (Å²) in [5, 5.41) is 0. The van der Waals surface area contributed by atoms with E-state index in [0.29, 0.717) is 24.7 Å². The average Bonchev–Trinajstić information content (AvgIpc) is 3.01. The van der Waals surface area contributed by atoms with Crippen LogP contribution < -0.4 is 0 Å². The Kier molecular flexibility index (Phi) is 2.07. The number of methoxy groups -OCH3 is 1. The number of fused-ring (bicyclic) bond motifs is 1. The van der Waals surface area contributed by atoms with Crippen molar-refractivity contribution in [3.8, 4) is 0 Å². The van der Waals surface area contributed by atoms with Gasteiger partial charge < -0.3 is 14.2 Å². The van der Waals surface area contributed by atoms with Gasteiger partial charge in [-0.3, -0.25) is 0 Å². The maximum absolute atomic E-state index is 6.47. The molecule has 2 heterocycles. The summed E-state index contributed by atoms with van der Waals surface area (Å²) in [5.41, 5.74) is 0.100. The minimum atomic E-state index is 0.0174. The molecular weight excluding hydrogens is 216 g/mol. The minimum absolute atomic E-state index is 0.0174. The Morgan fingerprint density at radius 3 is 3.00 bits per heavy atom. The van der Waals surface area contributed by atoms with Crippen molar-refractivity contribution < 1.29 is 14.2 Å². The van der Waals surface area contributed by atoms with E-state index in [1.54, 1.807) is 7.11 Å². The Bertz CT molecular complexity index is 366. The molecule has 0 unspecified atom stereocenters. The number of rotatable bonds is 3. The highest BCUT2D eigenvalue weighted by molar-refractivity contribution is 5.33. The third kappa shape index (κ3) is 1.18. The molecule has 4 aliphatic rings. The summed E-state index contributed by atoms with van der Waals surface area (Å²) in [7, 11) is 1.69. The van der Waals surface area contributed by atoms with Crippen LogP contribution in [0.15, 0.2) is 12.2 Å². The summed E-state index contributed by atoms with van der Waals surface area (Å²) in [4.78, 5) is 0. The van der Waals surface area contributed by atoms with Gasteiger partial charge in [0.05, 0.1) is 17.3 Å². The molecule has 2 saturated carbocycles. The molecule has 2 aliphatic carbocycles. The second-order valence-corrected chi connectivity index (χ2v) is 6.02. The summed E-state index contributed by atoms with van der Waals surface area (Å²) in [6, 6.07) is 0. The minimum Gasteiger partial charge on any atom is -0.360 e. The van der Waals surface area contributed by atoms with Crippen LogP contribution in [0.25, 0.3) is 0 Å². The number of hydrogen-bond donors (Lipinski definition) is 0. The van der Waals surface area contributed by atoms with E-state index in [1.807, 2.05) is 0 Å². The third-order valence-electron chi connectivity index (χ3n) is 5.36. The molecule has 2 bridgehead atoms. The average molecular weight is 236 g/mol. The second-order valence-electron chi connectivity index (χ2n) is 6.02. The summed E-state index contributed by atoms with van der Waals surface area (Å²) in [6.07, 6.45) is 11.1. The fourth-order valence-electron chi connectivity index (χ4n) is 4.83. The molecule has 17 heavy (non-hydrogen) atoms. The highest BCUT2D eigenvalue weighted by atomic mass is 16.7. The van der Waals surface area contributed by atoms with E-state index in [2.05, 4.69) is 12.2 Å². The van der Waals surface area contributed by atoms with Crippen molar-refractivity contribution in [1.29, 1.82) is 0 Å². The van der Waals surface area contributed by atoms with Crippen molar-refractivity contribution in [2.45, 2.75) is 49.4 Å². The van der Waals surface area contributed by atoms with Gasteiger partial charge in [0.1, 0.15) is 6.79 Å². The second kappa shape index (κ2) is 3.34. The fraction of sp³-hybridized carbons (Fsp3) is 0.857. The largest absolute Gasteiger partial charge is 0.360 e. The molecule has 94 valence electrons. The van der Waals surface area contributed by atoms with E-state index in [1.165, 1.54) is 19.3 Å². The standard InChI is InChI=1S/C14H20O3/c1-15-9-16-11-4-6-14-8-7-13(17-14)5-2-3-10(13)12(11)14/h7-8,10-12H,2-6,9H2,1H3/t10-,11+,12-,13+,14-/m1/s1. The number of ether oxygens (including phenoxy) is 3. The highest BCUT2D eigenvalue weighted by Gasteiger charge is 2.69. The van der Waals surface area contributed by atoms with Gasteiger partial charge in [0.25, 0.3) is 0 Å². The topological polar surface area (TPSA) is 27.7 Å². The van der Waals surface area contributed by atoms with Crippen LogP contribution in [0.3, 0.4) is 0 Å². The van der Waals surface area contributed by atoms with E-state index in [4.69, 9.17) is 14.2 Å². The lowest BCUT2D eigenvalue weighted by Crippen LogP contribution is -2.38. The van der Waals surface area contributed by atoms with Crippen molar-refractivity contribution >= 4 is 0 Å². The first-order valence-electron chi connectivity index (χ1n) is 6.81. The molecule has 2 aliphatic heterocycles. The molecule has 1 saturated heterocycles. The molecule has 3 fully saturated rings. The van der Waals surface area contributed by atoms with E-state index in [9.17, 15) is 0 Å². The molecule has 2 spiro atoms. The Morgan fingerprint density at radius 1 is 1.24 bits per heavy atom. The van der Waals surface area contributed by atoms with Gasteiger partial charge in [-0.25, -0.2) is 0 Å². The summed E-state index contributed by atoms with van der Waals surface area (Å²) >= 11 is 0. The van der Waals surface area contributed by atoms with Crippen molar-refractivity contribution in [2.24, 2.45) is 11.8 Å². The van der Waals surface area contributed by atoms with E-state index >= 15 is 0 Å². The first-order chi connectivity index (χ1) is 8.30. The first-order valence-corrected chi connectivity index (χ1v) is 6.81. The fourth-order valence-corrected chi connectivity index (χ4v) is 4.83. The maximum Gasteiger partial charge on any atom is 0.146 e. The summed E-state index contributed by atoms with van der Waals surface area (Å²) in [6.45, 7) is 0.417. The zero-order valence-electron chi connectivity index (χ0n) is 10.4. The van der Waals surface area contributed by atoms with Gasteiger partial charge in [-0.1, -0.05) is 12.2 Å². The van der Waals surface area contributed by atoms with Crippen LogP contribution in [-0.2, 0) is 14.2 Å². The molecule has 0 radical (unpaired) electrons. The molecule has 0 aromatic rings. The zero-order chi connectivity index (χ0) is 11.5. The molecule has 4 rings (SSSR count). The Labute approximate surface area is 102 Å². The van der Waals surface area contributed by atoms with Gasteiger partial charge in [-0.2, -0.15) is 0 Å². The van der Waals surface area contributed by atoms with Crippen LogP contribution in [0.2, 0.25) is 0 Å². The Balaban J connectivity index is 1.65. The molecule has 0 amide bonds. The first kappa shape index (κ1) is 10.5. The van der Waals surface area contributed by atoms with Gasteiger partial charge >= 0.3 is 0 Å². The van der Waals surface area contributed by atoms with Crippen LogP contribution in [0.1, 0.15) is 32.1 Å².